The first-order valence-electron chi connectivity index (χ1n) is 7.78. The highest BCUT2D eigenvalue weighted by atomic mass is 16.6. The third-order valence-electron chi connectivity index (χ3n) is 3.99. The van der Waals surface area contributed by atoms with Gasteiger partial charge in [0, 0.05) is 56.8 Å². The Labute approximate surface area is 139 Å². The van der Waals surface area contributed by atoms with E-state index in [1.165, 1.54) is 6.07 Å². The molecule has 1 aliphatic rings. The minimum absolute atomic E-state index is 0.0125. The molecule has 0 aliphatic carbocycles. The molecule has 0 spiro atoms. The van der Waals surface area contributed by atoms with Crippen LogP contribution >= 0.6 is 0 Å². The van der Waals surface area contributed by atoms with Gasteiger partial charge in [0.15, 0.2) is 0 Å². The van der Waals surface area contributed by atoms with Gasteiger partial charge < -0.3 is 9.80 Å². The van der Waals surface area contributed by atoms with Gasteiger partial charge in [0.05, 0.1) is 4.92 Å². The normalized spacial score (nSPS) is 14.4. The second-order valence-electron chi connectivity index (χ2n) is 5.57. The van der Waals surface area contributed by atoms with Crippen molar-refractivity contribution in [1.29, 1.82) is 0 Å². The lowest BCUT2D eigenvalue weighted by Gasteiger charge is -2.36. The number of hydrogen-bond acceptors (Lipinski definition) is 6. The van der Waals surface area contributed by atoms with Crippen LogP contribution in [-0.2, 0) is 9.59 Å². The lowest BCUT2D eigenvalue weighted by atomic mass is 10.2. The van der Waals surface area contributed by atoms with Crippen molar-refractivity contribution >= 4 is 23.2 Å². The SMILES string of the molecule is NNC(=O)CCCC(=O)N1CCN(c2cccc([N+](=O)[O-])c2)CC1. The molecule has 130 valence electrons. The number of nitrogens with one attached hydrogen (secondary N) is 1. The molecule has 1 heterocycles. The summed E-state index contributed by atoms with van der Waals surface area (Å²) in [6.07, 6.45) is 1.01. The van der Waals surface area contributed by atoms with Crippen LogP contribution in [0.3, 0.4) is 0 Å². The molecule has 24 heavy (non-hydrogen) atoms. The highest BCUT2D eigenvalue weighted by Crippen LogP contribution is 2.22. The van der Waals surface area contributed by atoms with E-state index in [1.807, 2.05) is 16.4 Å². The maximum atomic E-state index is 12.1. The molecule has 9 nitrogen and oxygen atoms in total. The number of non-ortho nitro benzene ring substituents is 1. The van der Waals surface area contributed by atoms with E-state index < -0.39 is 4.92 Å². The van der Waals surface area contributed by atoms with Crippen LogP contribution in [0, 0.1) is 10.1 Å². The smallest absolute Gasteiger partial charge is 0.271 e. The van der Waals surface area contributed by atoms with Crippen LogP contribution in [0.5, 0.6) is 0 Å². The Kier molecular flexibility index (Phi) is 6.07. The molecule has 0 radical (unpaired) electrons. The summed E-state index contributed by atoms with van der Waals surface area (Å²) in [7, 11) is 0. The van der Waals surface area contributed by atoms with Gasteiger partial charge in [-0.1, -0.05) is 6.07 Å². The number of rotatable bonds is 6. The monoisotopic (exact) mass is 335 g/mol. The Morgan fingerprint density at radius 3 is 2.54 bits per heavy atom. The molecule has 0 saturated carbocycles. The number of hydrogen-bond donors (Lipinski definition) is 2. The van der Waals surface area contributed by atoms with Gasteiger partial charge in [-0.15, -0.1) is 0 Å². The summed E-state index contributed by atoms with van der Waals surface area (Å²) in [6.45, 7) is 2.36. The van der Waals surface area contributed by atoms with Crippen LogP contribution in [0.25, 0.3) is 0 Å². The summed E-state index contributed by atoms with van der Waals surface area (Å²) in [5, 5.41) is 10.8. The number of carbonyl (C=O) groups excluding carboxylic acids is 2. The molecule has 3 N–H and O–H groups in total. The second kappa shape index (κ2) is 8.25. The van der Waals surface area contributed by atoms with Crippen molar-refractivity contribution in [2.75, 3.05) is 31.1 Å². The number of benzene rings is 1. The fourth-order valence-corrected chi connectivity index (χ4v) is 2.65. The van der Waals surface area contributed by atoms with Gasteiger partial charge in [-0.3, -0.25) is 25.1 Å². The zero-order chi connectivity index (χ0) is 17.5. The van der Waals surface area contributed by atoms with Crippen molar-refractivity contribution in [2.45, 2.75) is 19.3 Å². The van der Waals surface area contributed by atoms with Crippen LogP contribution < -0.4 is 16.2 Å². The van der Waals surface area contributed by atoms with E-state index in [4.69, 9.17) is 5.84 Å². The lowest BCUT2D eigenvalue weighted by molar-refractivity contribution is -0.384. The number of anilines is 1. The number of nitrogens with zero attached hydrogens (tertiary/aromatic N) is 3. The van der Waals surface area contributed by atoms with Gasteiger partial charge in [0.1, 0.15) is 0 Å². The van der Waals surface area contributed by atoms with E-state index in [9.17, 15) is 19.7 Å². The molecule has 2 rings (SSSR count). The highest BCUT2D eigenvalue weighted by Gasteiger charge is 2.22. The van der Waals surface area contributed by atoms with Crippen LogP contribution in [0.2, 0.25) is 0 Å². The summed E-state index contributed by atoms with van der Waals surface area (Å²) < 4.78 is 0. The Balaban J connectivity index is 1.82. The van der Waals surface area contributed by atoms with Crippen LogP contribution in [0.15, 0.2) is 24.3 Å². The molecule has 1 aromatic carbocycles. The number of carbonyl (C=O) groups is 2. The van der Waals surface area contributed by atoms with Crippen molar-refractivity contribution in [3.63, 3.8) is 0 Å². The largest absolute Gasteiger partial charge is 0.368 e. The molecular formula is C15H21N5O4. The van der Waals surface area contributed by atoms with Gasteiger partial charge in [0.25, 0.3) is 5.69 Å². The first-order valence-corrected chi connectivity index (χ1v) is 7.78. The van der Waals surface area contributed by atoms with E-state index in [2.05, 4.69) is 0 Å². The Bertz CT molecular complexity index is 614. The average Bonchev–Trinajstić information content (AvgIpc) is 2.61. The quantitative estimate of drug-likeness (QED) is 0.336. The number of hydrazine groups is 1. The zero-order valence-electron chi connectivity index (χ0n) is 13.3. The summed E-state index contributed by atoms with van der Waals surface area (Å²) in [6, 6.07) is 6.49. The van der Waals surface area contributed by atoms with Gasteiger partial charge in [-0.05, 0) is 12.5 Å². The minimum Gasteiger partial charge on any atom is -0.368 e. The fraction of sp³-hybridized carbons (Fsp3) is 0.467. The summed E-state index contributed by atoms with van der Waals surface area (Å²) in [5.74, 6) is 4.72. The number of nitro benzene ring substituents is 1. The van der Waals surface area contributed by atoms with Crippen molar-refractivity contribution in [3.05, 3.63) is 34.4 Å². The van der Waals surface area contributed by atoms with E-state index in [0.29, 0.717) is 39.0 Å². The first-order chi connectivity index (χ1) is 11.5. The van der Waals surface area contributed by atoms with Crippen molar-refractivity contribution in [1.82, 2.24) is 10.3 Å². The van der Waals surface area contributed by atoms with Gasteiger partial charge in [-0.2, -0.15) is 0 Å². The number of amides is 2. The molecule has 1 fully saturated rings. The predicted molar refractivity (Wildman–Crippen MR) is 88.1 cm³/mol. The third-order valence-corrected chi connectivity index (χ3v) is 3.99. The number of nitrogens with two attached hydrogens (primary N) is 1. The first kappa shape index (κ1) is 17.7. The van der Waals surface area contributed by atoms with E-state index in [-0.39, 0.29) is 23.9 Å². The van der Waals surface area contributed by atoms with E-state index in [1.54, 1.807) is 17.0 Å². The molecule has 0 unspecified atom stereocenters. The Hall–Kier alpha value is -2.68. The summed E-state index contributed by atoms with van der Waals surface area (Å²) >= 11 is 0. The molecule has 9 heteroatoms. The van der Waals surface area contributed by atoms with Crippen molar-refractivity contribution in [3.8, 4) is 0 Å². The molecule has 0 atom stereocenters. The maximum Gasteiger partial charge on any atom is 0.271 e. The second-order valence-corrected chi connectivity index (χ2v) is 5.57. The zero-order valence-corrected chi connectivity index (χ0v) is 13.3. The van der Waals surface area contributed by atoms with Crippen LogP contribution in [0.1, 0.15) is 19.3 Å². The van der Waals surface area contributed by atoms with Gasteiger partial charge in [-0.25, -0.2) is 5.84 Å². The topological polar surface area (TPSA) is 122 Å². The fourth-order valence-electron chi connectivity index (χ4n) is 2.65. The summed E-state index contributed by atoms with van der Waals surface area (Å²) in [5.41, 5.74) is 2.88. The van der Waals surface area contributed by atoms with E-state index >= 15 is 0 Å². The number of piperazine rings is 1. The minimum atomic E-state index is -0.416. The number of nitro groups is 1. The molecule has 0 bridgehead atoms. The predicted octanol–water partition coefficient (Wildman–Crippen LogP) is 0.404. The summed E-state index contributed by atoms with van der Waals surface area (Å²) in [4.78, 5) is 37.4. The van der Waals surface area contributed by atoms with Gasteiger partial charge in [0.2, 0.25) is 11.8 Å². The van der Waals surface area contributed by atoms with E-state index in [0.717, 1.165) is 5.69 Å². The molecule has 1 saturated heterocycles. The molecular weight excluding hydrogens is 314 g/mol. The highest BCUT2D eigenvalue weighted by molar-refractivity contribution is 5.78. The van der Waals surface area contributed by atoms with Crippen molar-refractivity contribution in [2.24, 2.45) is 5.84 Å². The lowest BCUT2D eigenvalue weighted by Crippen LogP contribution is -2.48. The molecule has 0 aromatic heterocycles. The average molecular weight is 335 g/mol. The Morgan fingerprint density at radius 2 is 1.92 bits per heavy atom. The van der Waals surface area contributed by atoms with Crippen molar-refractivity contribution < 1.29 is 14.5 Å². The van der Waals surface area contributed by atoms with Gasteiger partial charge >= 0.3 is 0 Å². The maximum absolute atomic E-state index is 12.1. The third kappa shape index (κ3) is 4.66. The standard InChI is InChI=1S/C15H21N5O4/c16-17-14(21)5-2-6-15(22)19-9-7-18(8-10-19)12-3-1-4-13(11-12)20(23)24/h1,3-4,11H,2,5-10,16H2,(H,17,21). The molecule has 1 aromatic rings. The van der Waals surface area contributed by atoms with Crippen LogP contribution in [-0.4, -0.2) is 47.8 Å². The van der Waals surface area contributed by atoms with Crippen LogP contribution in [0.4, 0.5) is 11.4 Å². The Morgan fingerprint density at radius 1 is 1.21 bits per heavy atom. The molecule has 2 amide bonds. The molecule has 1 aliphatic heterocycles.